The van der Waals surface area contributed by atoms with Crippen LogP contribution in [0, 0.1) is 0 Å². The van der Waals surface area contributed by atoms with Crippen LogP contribution in [0.25, 0.3) is 0 Å². The first-order valence-corrected chi connectivity index (χ1v) is 12.0. The fourth-order valence-electron chi connectivity index (χ4n) is 4.50. The number of hydrogen-bond donors (Lipinski definition) is 1. The predicted octanol–water partition coefficient (Wildman–Crippen LogP) is 0.735. The molecule has 0 aromatic heterocycles. The van der Waals surface area contributed by atoms with E-state index in [4.69, 9.17) is 23.7 Å². The maximum Gasteiger partial charge on any atom is 0.254 e. The molecule has 10 nitrogen and oxygen atoms in total. The van der Waals surface area contributed by atoms with Crippen molar-refractivity contribution in [2.75, 3.05) is 93.5 Å². The minimum atomic E-state index is -0.529. The van der Waals surface area contributed by atoms with E-state index >= 15 is 0 Å². The molecule has 2 saturated heterocycles. The van der Waals surface area contributed by atoms with E-state index in [9.17, 15) is 9.90 Å². The number of β-amino-alcohol motifs (C(OH)–C–C–N with tert-alkyl or cyclic N) is 1. The average molecular weight is 494 g/mol. The lowest BCUT2D eigenvalue weighted by Crippen LogP contribution is -2.54. The van der Waals surface area contributed by atoms with Crippen LogP contribution in [0.2, 0.25) is 0 Å². The van der Waals surface area contributed by atoms with Gasteiger partial charge in [-0.3, -0.25) is 14.6 Å². The lowest BCUT2D eigenvalue weighted by molar-refractivity contribution is -0.0626. The van der Waals surface area contributed by atoms with Gasteiger partial charge in [-0.05, 0) is 12.1 Å². The number of morpholine rings is 1. The zero-order valence-electron chi connectivity index (χ0n) is 21.1. The summed E-state index contributed by atoms with van der Waals surface area (Å²) in [6.45, 7) is 10.7. The Morgan fingerprint density at radius 3 is 2.40 bits per heavy atom. The van der Waals surface area contributed by atoms with Crippen LogP contribution in [0.4, 0.5) is 0 Å². The van der Waals surface area contributed by atoms with Gasteiger partial charge in [0, 0.05) is 57.9 Å². The second-order valence-electron chi connectivity index (χ2n) is 8.74. The zero-order valence-corrected chi connectivity index (χ0v) is 21.1. The number of rotatable bonds is 12. The minimum absolute atomic E-state index is 0.0587. The smallest absolute Gasteiger partial charge is 0.254 e. The van der Waals surface area contributed by atoms with E-state index in [-0.39, 0.29) is 12.0 Å². The molecular weight excluding hydrogens is 454 g/mol. The number of benzene rings is 1. The molecule has 0 aliphatic carbocycles. The monoisotopic (exact) mass is 493 g/mol. The van der Waals surface area contributed by atoms with Gasteiger partial charge in [-0.15, -0.1) is 6.58 Å². The van der Waals surface area contributed by atoms with Gasteiger partial charge in [-0.2, -0.15) is 0 Å². The van der Waals surface area contributed by atoms with Gasteiger partial charge in [0.2, 0.25) is 5.75 Å². The van der Waals surface area contributed by atoms with Gasteiger partial charge >= 0.3 is 0 Å². The van der Waals surface area contributed by atoms with Crippen LogP contribution in [0.5, 0.6) is 17.2 Å². The van der Waals surface area contributed by atoms with Crippen LogP contribution in [-0.2, 0) is 9.47 Å². The zero-order chi connectivity index (χ0) is 25.2. The third-order valence-corrected chi connectivity index (χ3v) is 6.27. The molecule has 1 amide bonds. The summed E-state index contributed by atoms with van der Waals surface area (Å²) >= 11 is 0. The number of aliphatic hydroxyl groups is 1. The van der Waals surface area contributed by atoms with Gasteiger partial charge in [0.05, 0.1) is 53.4 Å². The SMILES string of the molecule is C=CCOC[C@@H](O)CN1CCO[C@H](CN2CCN(C(=O)c3cc(OC)c(OC)c(OC)c3)CC2)C1. The van der Waals surface area contributed by atoms with Crippen molar-refractivity contribution in [3.8, 4) is 17.2 Å². The van der Waals surface area contributed by atoms with Gasteiger partial charge in [0.15, 0.2) is 11.5 Å². The molecule has 10 heteroatoms. The molecule has 196 valence electrons. The molecule has 1 aromatic carbocycles. The van der Waals surface area contributed by atoms with E-state index in [2.05, 4.69) is 16.4 Å². The second kappa shape index (κ2) is 13.6. The summed E-state index contributed by atoms with van der Waals surface area (Å²) < 4.78 is 27.5. The summed E-state index contributed by atoms with van der Waals surface area (Å²) in [5, 5.41) is 10.2. The first kappa shape index (κ1) is 27.2. The first-order chi connectivity index (χ1) is 17.0. The standard InChI is InChI=1S/C25H39N3O7/c1-5-11-34-18-20(29)15-27-10-12-35-21(17-27)16-26-6-8-28(9-7-26)25(30)19-13-22(31-2)24(33-4)23(14-19)32-3/h5,13-14,20-21,29H,1,6-12,15-18H2,2-4H3/t20-,21+/m0/s1. The molecule has 1 N–H and O–H groups in total. The third kappa shape index (κ3) is 7.55. The highest BCUT2D eigenvalue weighted by Gasteiger charge is 2.28. The van der Waals surface area contributed by atoms with Gasteiger partial charge < -0.3 is 33.7 Å². The predicted molar refractivity (Wildman–Crippen MR) is 132 cm³/mol. The third-order valence-electron chi connectivity index (χ3n) is 6.27. The van der Waals surface area contributed by atoms with E-state index in [1.807, 2.05) is 4.90 Å². The Balaban J connectivity index is 1.48. The Kier molecular flexibility index (Phi) is 10.6. The van der Waals surface area contributed by atoms with Crippen molar-refractivity contribution in [3.05, 3.63) is 30.4 Å². The molecule has 0 radical (unpaired) electrons. The number of carbonyl (C=O) groups is 1. The maximum absolute atomic E-state index is 13.2. The van der Waals surface area contributed by atoms with Crippen LogP contribution in [0.3, 0.4) is 0 Å². The minimum Gasteiger partial charge on any atom is -0.493 e. The van der Waals surface area contributed by atoms with Crippen LogP contribution in [0.15, 0.2) is 24.8 Å². The number of amides is 1. The summed E-state index contributed by atoms with van der Waals surface area (Å²) in [5.41, 5.74) is 0.509. The fourth-order valence-corrected chi connectivity index (χ4v) is 4.50. The Bertz CT molecular complexity index is 804. The Labute approximate surface area is 207 Å². The van der Waals surface area contributed by atoms with Gasteiger partial charge in [0.25, 0.3) is 5.91 Å². The second-order valence-corrected chi connectivity index (χ2v) is 8.74. The number of piperazine rings is 1. The van der Waals surface area contributed by atoms with E-state index in [1.54, 1.807) is 18.2 Å². The maximum atomic E-state index is 13.2. The summed E-state index contributed by atoms with van der Waals surface area (Å²) in [6, 6.07) is 3.38. The molecule has 1 aromatic rings. The van der Waals surface area contributed by atoms with Crippen molar-refractivity contribution < 1.29 is 33.6 Å². The van der Waals surface area contributed by atoms with Crippen molar-refractivity contribution in [1.82, 2.24) is 14.7 Å². The number of hydrogen-bond acceptors (Lipinski definition) is 9. The Morgan fingerprint density at radius 2 is 1.80 bits per heavy atom. The van der Waals surface area contributed by atoms with Gasteiger partial charge in [-0.1, -0.05) is 6.08 Å². The first-order valence-electron chi connectivity index (χ1n) is 12.0. The van der Waals surface area contributed by atoms with Crippen molar-refractivity contribution in [1.29, 1.82) is 0 Å². The number of ether oxygens (including phenoxy) is 5. The highest BCUT2D eigenvalue weighted by Crippen LogP contribution is 2.38. The molecule has 2 fully saturated rings. The van der Waals surface area contributed by atoms with E-state index in [0.717, 1.165) is 32.7 Å². The normalized spacial score (nSPS) is 20.3. The molecule has 2 aliphatic heterocycles. The molecule has 2 aliphatic rings. The average Bonchev–Trinajstić information content (AvgIpc) is 2.88. The molecule has 0 bridgehead atoms. The van der Waals surface area contributed by atoms with Crippen molar-refractivity contribution in [2.24, 2.45) is 0 Å². The molecule has 3 rings (SSSR count). The highest BCUT2D eigenvalue weighted by atomic mass is 16.5. The largest absolute Gasteiger partial charge is 0.493 e. The number of aliphatic hydroxyl groups excluding tert-OH is 1. The molecule has 0 spiro atoms. The van der Waals surface area contributed by atoms with Crippen molar-refractivity contribution >= 4 is 5.91 Å². The molecule has 2 atom stereocenters. The molecule has 2 heterocycles. The van der Waals surface area contributed by atoms with E-state index < -0.39 is 6.10 Å². The lowest BCUT2D eigenvalue weighted by Gasteiger charge is -2.39. The Hall–Kier alpha value is -2.37. The van der Waals surface area contributed by atoms with Crippen LogP contribution in [-0.4, -0.2) is 131 Å². The molecule has 0 unspecified atom stereocenters. The van der Waals surface area contributed by atoms with Crippen LogP contribution in [0.1, 0.15) is 10.4 Å². The summed E-state index contributed by atoms with van der Waals surface area (Å²) in [6.07, 6.45) is 1.22. The van der Waals surface area contributed by atoms with Crippen molar-refractivity contribution in [3.63, 3.8) is 0 Å². The summed E-state index contributed by atoms with van der Waals surface area (Å²) in [4.78, 5) is 19.6. The molecule has 35 heavy (non-hydrogen) atoms. The molecular formula is C25H39N3O7. The highest BCUT2D eigenvalue weighted by molar-refractivity contribution is 5.95. The fraction of sp³-hybridized carbons (Fsp3) is 0.640. The summed E-state index contributed by atoms with van der Waals surface area (Å²) in [7, 11) is 4.61. The number of nitrogens with zero attached hydrogens (tertiary/aromatic N) is 3. The van der Waals surface area contributed by atoms with E-state index in [1.165, 1.54) is 21.3 Å². The molecule has 0 saturated carbocycles. The quantitative estimate of drug-likeness (QED) is 0.334. The van der Waals surface area contributed by atoms with Gasteiger partial charge in [-0.25, -0.2) is 0 Å². The number of methoxy groups -OCH3 is 3. The van der Waals surface area contributed by atoms with Crippen LogP contribution >= 0.6 is 0 Å². The topological polar surface area (TPSA) is 93.2 Å². The Morgan fingerprint density at radius 1 is 1.11 bits per heavy atom. The van der Waals surface area contributed by atoms with Crippen molar-refractivity contribution in [2.45, 2.75) is 12.2 Å². The van der Waals surface area contributed by atoms with Gasteiger partial charge in [0.1, 0.15) is 0 Å². The number of carbonyl (C=O) groups excluding carboxylic acids is 1. The summed E-state index contributed by atoms with van der Waals surface area (Å²) in [5.74, 6) is 1.34. The lowest BCUT2D eigenvalue weighted by atomic mass is 10.1. The van der Waals surface area contributed by atoms with E-state index in [0.29, 0.717) is 62.3 Å². The van der Waals surface area contributed by atoms with Crippen LogP contribution < -0.4 is 14.2 Å².